The van der Waals surface area contributed by atoms with Gasteiger partial charge in [0.25, 0.3) is 0 Å². The van der Waals surface area contributed by atoms with Crippen molar-refractivity contribution in [2.75, 3.05) is 44.7 Å². The molecule has 0 aliphatic carbocycles. The molecule has 0 unspecified atom stereocenters. The third-order valence-corrected chi connectivity index (χ3v) is 5.26. The molecule has 2 aromatic rings. The van der Waals surface area contributed by atoms with E-state index in [9.17, 15) is 0 Å². The van der Waals surface area contributed by atoms with Crippen LogP contribution in [0.5, 0.6) is 0 Å². The standard InChI is InChI=1S/C20H26ClN3O2S/c1-15-3-6-19(18(21)13-15)22-20(27)24(14-17-5-4-16(2)26-17)8-7-23-9-11-25-12-10-23/h3-6,13H,7-12,14H2,1-2H3,(H,22,27). The van der Waals surface area contributed by atoms with Crippen LogP contribution in [0.3, 0.4) is 0 Å². The first-order chi connectivity index (χ1) is 13.0. The fourth-order valence-corrected chi connectivity index (χ4v) is 3.56. The predicted octanol–water partition coefficient (Wildman–Crippen LogP) is 4.08. The molecule has 1 saturated heterocycles. The third-order valence-electron chi connectivity index (χ3n) is 4.59. The molecule has 0 radical (unpaired) electrons. The Balaban J connectivity index is 1.67. The highest BCUT2D eigenvalue weighted by molar-refractivity contribution is 7.80. The summed E-state index contributed by atoms with van der Waals surface area (Å²) in [6, 6.07) is 9.88. The molecule has 1 N–H and O–H groups in total. The number of nitrogens with zero attached hydrogens (tertiary/aromatic N) is 2. The number of furan rings is 1. The molecule has 7 heteroatoms. The Hall–Kier alpha value is -1.60. The molecular formula is C20H26ClN3O2S. The second kappa shape index (κ2) is 9.55. The van der Waals surface area contributed by atoms with Crippen molar-refractivity contribution in [3.8, 4) is 0 Å². The van der Waals surface area contributed by atoms with Gasteiger partial charge in [-0.15, -0.1) is 0 Å². The molecule has 0 spiro atoms. The second-order valence-corrected chi connectivity index (χ2v) is 7.60. The molecule has 0 bridgehead atoms. The first-order valence-electron chi connectivity index (χ1n) is 9.19. The number of rotatable bonds is 6. The lowest BCUT2D eigenvalue weighted by atomic mass is 10.2. The van der Waals surface area contributed by atoms with Gasteiger partial charge in [-0.25, -0.2) is 0 Å². The summed E-state index contributed by atoms with van der Waals surface area (Å²) in [6.07, 6.45) is 0. The molecule has 0 atom stereocenters. The van der Waals surface area contributed by atoms with E-state index in [4.69, 9.17) is 33.0 Å². The van der Waals surface area contributed by atoms with Crippen molar-refractivity contribution >= 4 is 34.6 Å². The summed E-state index contributed by atoms with van der Waals surface area (Å²) in [4.78, 5) is 4.52. The van der Waals surface area contributed by atoms with Gasteiger partial charge in [0.15, 0.2) is 5.11 Å². The molecule has 1 aromatic heterocycles. The van der Waals surface area contributed by atoms with E-state index in [1.54, 1.807) is 0 Å². The number of nitrogens with one attached hydrogen (secondary N) is 1. The summed E-state index contributed by atoms with van der Waals surface area (Å²) in [6.45, 7) is 9.80. The van der Waals surface area contributed by atoms with Crippen LogP contribution in [-0.2, 0) is 11.3 Å². The van der Waals surface area contributed by atoms with Crippen molar-refractivity contribution in [2.24, 2.45) is 0 Å². The molecule has 0 amide bonds. The molecule has 27 heavy (non-hydrogen) atoms. The molecule has 0 saturated carbocycles. The van der Waals surface area contributed by atoms with Crippen LogP contribution in [0, 0.1) is 13.8 Å². The minimum absolute atomic E-state index is 0.619. The van der Waals surface area contributed by atoms with E-state index in [1.807, 2.05) is 44.2 Å². The highest BCUT2D eigenvalue weighted by Crippen LogP contribution is 2.23. The fraction of sp³-hybridized carbons (Fsp3) is 0.450. The molecule has 1 aromatic carbocycles. The summed E-state index contributed by atoms with van der Waals surface area (Å²) in [5.41, 5.74) is 1.94. The predicted molar refractivity (Wildman–Crippen MR) is 114 cm³/mol. The van der Waals surface area contributed by atoms with Crippen molar-refractivity contribution in [1.29, 1.82) is 0 Å². The lowest BCUT2D eigenvalue weighted by molar-refractivity contribution is 0.0356. The number of hydrogen-bond acceptors (Lipinski definition) is 4. The number of anilines is 1. The maximum absolute atomic E-state index is 6.36. The van der Waals surface area contributed by atoms with Gasteiger partial charge in [-0.1, -0.05) is 17.7 Å². The zero-order valence-electron chi connectivity index (χ0n) is 15.8. The van der Waals surface area contributed by atoms with Crippen LogP contribution in [0.4, 0.5) is 5.69 Å². The SMILES string of the molecule is Cc1ccc(NC(=S)N(CCN2CCOCC2)Cc2ccc(C)o2)c(Cl)c1. The average molecular weight is 408 g/mol. The summed E-state index contributed by atoms with van der Waals surface area (Å²) in [5.74, 6) is 1.80. The van der Waals surface area contributed by atoms with Gasteiger partial charge < -0.3 is 19.4 Å². The highest BCUT2D eigenvalue weighted by atomic mass is 35.5. The van der Waals surface area contributed by atoms with Gasteiger partial charge in [0.2, 0.25) is 0 Å². The Morgan fingerprint density at radius 1 is 1.22 bits per heavy atom. The maximum Gasteiger partial charge on any atom is 0.173 e. The molecule has 1 aliphatic heterocycles. The van der Waals surface area contributed by atoms with E-state index in [-0.39, 0.29) is 0 Å². The van der Waals surface area contributed by atoms with Gasteiger partial charge in [0, 0.05) is 26.2 Å². The lowest BCUT2D eigenvalue weighted by Gasteiger charge is -2.31. The second-order valence-electron chi connectivity index (χ2n) is 6.80. The average Bonchev–Trinajstić information content (AvgIpc) is 3.06. The largest absolute Gasteiger partial charge is 0.464 e. The first kappa shape index (κ1) is 20.1. The van der Waals surface area contributed by atoms with Gasteiger partial charge >= 0.3 is 0 Å². The topological polar surface area (TPSA) is 40.9 Å². The molecule has 146 valence electrons. The molecule has 3 rings (SSSR count). The van der Waals surface area contributed by atoms with Crippen LogP contribution in [-0.4, -0.2) is 54.3 Å². The summed E-state index contributed by atoms with van der Waals surface area (Å²) >= 11 is 12.1. The van der Waals surface area contributed by atoms with E-state index in [0.29, 0.717) is 16.7 Å². The Bertz CT molecular complexity index is 774. The van der Waals surface area contributed by atoms with E-state index >= 15 is 0 Å². The first-order valence-corrected chi connectivity index (χ1v) is 9.97. The Labute approximate surface area is 171 Å². The number of benzene rings is 1. The zero-order chi connectivity index (χ0) is 19.2. The van der Waals surface area contributed by atoms with Gasteiger partial charge in [-0.05, 0) is 55.9 Å². The van der Waals surface area contributed by atoms with Crippen LogP contribution in [0.15, 0.2) is 34.7 Å². The van der Waals surface area contributed by atoms with Gasteiger partial charge in [0.05, 0.1) is 30.5 Å². The van der Waals surface area contributed by atoms with Crippen molar-refractivity contribution in [3.63, 3.8) is 0 Å². The maximum atomic E-state index is 6.36. The Morgan fingerprint density at radius 2 is 2.00 bits per heavy atom. The lowest BCUT2D eigenvalue weighted by Crippen LogP contribution is -2.43. The van der Waals surface area contributed by atoms with Crippen LogP contribution in [0.1, 0.15) is 17.1 Å². The summed E-state index contributed by atoms with van der Waals surface area (Å²) in [7, 11) is 0. The zero-order valence-corrected chi connectivity index (χ0v) is 17.4. The number of morpholine rings is 1. The van der Waals surface area contributed by atoms with Crippen LogP contribution in [0.2, 0.25) is 5.02 Å². The molecule has 1 fully saturated rings. The van der Waals surface area contributed by atoms with E-state index in [2.05, 4.69) is 15.1 Å². The van der Waals surface area contributed by atoms with Crippen molar-refractivity contribution in [3.05, 3.63) is 52.4 Å². The van der Waals surface area contributed by atoms with Crippen LogP contribution < -0.4 is 5.32 Å². The molecule has 5 nitrogen and oxygen atoms in total. The minimum Gasteiger partial charge on any atom is -0.464 e. The van der Waals surface area contributed by atoms with Gasteiger partial charge in [0.1, 0.15) is 11.5 Å². The normalized spacial score (nSPS) is 14.9. The summed E-state index contributed by atoms with van der Waals surface area (Å²) in [5, 5.41) is 4.60. The molecular weight excluding hydrogens is 382 g/mol. The summed E-state index contributed by atoms with van der Waals surface area (Å²) < 4.78 is 11.2. The number of aryl methyl sites for hydroxylation is 2. The number of halogens is 1. The minimum atomic E-state index is 0.619. The van der Waals surface area contributed by atoms with E-state index in [0.717, 1.165) is 62.2 Å². The monoisotopic (exact) mass is 407 g/mol. The number of hydrogen-bond donors (Lipinski definition) is 1. The number of thiocarbonyl (C=S) groups is 1. The van der Waals surface area contributed by atoms with Crippen molar-refractivity contribution in [2.45, 2.75) is 20.4 Å². The quantitative estimate of drug-likeness (QED) is 0.727. The van der Waals surface area contributed by atoms with Crippen molar-refractivity contribution in [1.82, 2.24) is 9.80 Å². The Morgan fingerprint density at radius 3 is 2.67 bits per heavy atom. The van der Waals surface area contributed by atoms with Gasteiger partial charge in [-0.3, -0.25) is 4.90 Å². The van der Waals surface area contributed by atoms with Crippen LogP contribution in [0.25, 0.3) is 0 Å². The van der Waals surface area contributed by atoms with Crippen LogP contribution >= 0.6 is 23.8 Å². The van der Waals surface area contributed by atoms with Crippen molar-refractivity contribution < 1.29 is 9.15 Å². The Kier molecular flexibility index (Phi) is 7.13. The number of ether oxygens (including phenoxy) is 1. The van der Waals surface area contributed by atoms with Gasteiger partial charge in [-0.2, -0.15) is 0 Å². The van der Waals surface area contributed by atoms with E-state index in [1.165, 1.54) is 0 Å². The molecule has 2 heterocycles. The van der Waals surface area contributed by atoms with E-state index < -0.39 is 0 Å². The smallest absolute Gasteiger partial charge is 0.173 e. The molecule has 1 aliphatic rings. The fourth-order valence-electron chi connectivity index (χ4n) is 3.01. The third kappa shape index (κ3) is 5.94. The highest BCUT2D eigenvalue weighted by Gasteiger charge is 2.17.